The summed E-state index contributed by atoms with van der Waals surface area (Å²) in [6, 6.07) is 8.75. The van der Waals surface area contributed by atoms with Gasteiger partial charge < -0.3 is 4.98 Å². The minimum Gasteiger partial charge on any atom is -0.360 e. The minimum absolute atomic E-state index is 0.0882. The molecule has 0 saturated carbocycles. The van der Waals surface area contributed by atoms with E-state index in [2.05, 4.69) is 15.2 Å². The molecule has 0 unspecified atom stereocenters. The summed E-state index contributed by atoms with van der Waals surface area (Å²) < 4.78 is 0. The highest BCUT2D eigenvalue weighted by molar-refractivity contribution is 5.94. The van der Waals surface area contributed by atoms with Crippen LogP contribution in [-0.2, 0) is 0 Å². The van der Waals surface area contributed by atoms with Crippen molar-refractivity contribution in [1.29, 1.82) is 0 Å². The summed E-state index contributed by atoms with van der Waals surface area (Å²) in [6.07, 6.45) is 1.81. The van der Waals surface area contributed by atoms with E-state index >= 15 is 0 Å². The molecule has 2 aromatic heterocycles. The smallest absolute Gasteiger partial charge is 0.116 e. The molecule has 1 aromatic carbocycles. The molecular weight excluding hydrogens is 220 g/mol. The number of H-pyrrole nitrogens is 2. The Bertz CT molecular complexity index is 643. The number of hydrogen-bond acceptors (Lipinski definition) is 4. The average molecular weight is 230 g/mol. The first kappa shape index (κ1) is 9.88. The van der Waals surface area contributed by atoms with Gasteiger partial charge in [-0.1, -0.05) is 0 Å². The van der Waals surface area contributed by atoms with E-state index < -0.39 is 0 Å². The number of hydrogen-bond donors (Lipinski definition) is 4. The van der Waals surface area contributed by atoms with E-state index in [-0.39, 0.29) is 10.9 Å². The molecule has 0 fully saturated rings. The summed E-state index contributed by atoms with van der Waals surface area (Å²) >= 11 is 0. The maximum atomic E-state index is 8.99. The monoisotopic (exact) mass is 230 g/mol. The molecule has 6 heteroatoms. The molecule has 0 aliphatic heterocycles. The van der Waals surface area contributed by atoms with Crippen molar-refractivity contribution in [2.75, 3.05) is 5.23 Å². The Morgan fingerprint density at radius 1 is 1.18 bits per heavy atom. The van der Waals surface area contributed by atoms with Crippen LogP contribution in [0.4, 0.5) is 5.69 Å². The lowest BCUT2D eigenvalue weighted by molar-refractivity contribution is 0.0292. The molecule has 0 saturated heterocycles. The van der Waals surface area contributed by atoms with Crippen LogP contribution in [0.1, 0.15) is 0 Å². The molecule has 2 heterocycles. The molecule has 6 nitrogen and oxygen atoms in total. The summed E-state index contributed by atoms with van der Waals surface area (Å²) in [6.45, 7) is 0. The normalized spacial score (nSPS) is 10.9. The first-order valence-corrected chi connectivity index (χ1v) is 5.05. The van der Waals surface area contributed by atoms with Crippen LogP contribution in [0.2, 0.25) is 0 Å². The lowest BCUT2D eigenvalue weighted by atomic mass is 10.1. The Balaban J connectivity index is 2.23. The predicted octanol–water partition coefficient (Wildman–Crippen LogP) is 2.14. The topological polar surface area (TPSA) is 88.2 Å². The van der Waals surface area contributed by atoms with E-state index in [4.69, 9.17) is 10.4 Å². The third-order valence-electron chi connectivity index (χ3n) is 2.63. The molecule has 0 spiro atoms. The van der Waals surface area contributed by atoms with Gasteiger partial charge in [0.05, 0.1) is 16.9 Å². The van der Waals surface area contributed by atoms with Crippen molar-refractivity contribution in [2.24, 2.45) is 0 Å². The molecule has 0 amide bonds. The van der Waals surface area contributed by atoms with Crippen molar-refractivity contribution in [3.63, 3.8) is 0 Å². The third kappa shape index (κ3) is 1.55. The minimum atomic E-state index is 0.0882. The van der Waals surface area contributed by atoms with E-state index in [9.17, 15) is 0 Å². The molecule has 3 rings (SSSR count). The van der Waals surface area contributed by atoms with E-state index in [1.165, 1.54) is 0 Å². The first-order chi connectivity index (χ1) is 8.25. The van der Waals surface area contributed by atoms with E-state index in [1.807, 2.05) is 18.3 Å². The van der Waals surface area contributed by atoms with Crippen LogP contribution in [0.5, 0.6) is 0 Å². The van der Waals surface area contributed by atoms with E-state index in [0.717, 1.165) is 22.3 Å². The van der Waals surface area contributed by atoms with Crippen molar-refractivity contribution in [3.8, 4) is 11.4 Å². The van der Waals surface area contributed by atoms with Crippen molar-refractivity contribution in [1.82, 2.24) is 15.2 Å². The standard InChI is InChI=1S/C11H10N4O2/c16-15(17)7-3-4-9-8(6-7)11(14-13-9)10-2-1-5-12-10/h1-6,12,16-17H,(H,13,14). The Morgan fingerprint density at radius 3 is 2.76 bits per heavy atom. The summed E-state index contributed by atoms with van der Waals surface area (Å²) in [4.78, 5) is 3.06. The maximum Gasteiger partial charge on any atom is 0.116 e. The number of anilines is 1. The highest BCUT2D eigenvalue weighted by Gasteiger charge is 2.10. The van der Waals surface area contributed by atoms with Gasteiger partial charge in [-0.25, -0.2) is 0 Å². The van der Waals surface area contributed by atoms with Gasteiger partial charge in [0, 0.05) is 11.6 Å². The van der Waals surface area contributed by atoms with Gasteiger partial charge in [0.15, 0.2) is 0 Å². The summed E-state index contributed by atoms with van der Waals surface area (Å²) in [7, 11) is 0. The van der Waals surface area contributed by atoms with Gasteiger partial charge in [-0.15, -0.1) is 5.23 Å². The number of benzene rings is 1. The number of nitrogens with zero attached hydrogens (tertiary/aromatic N) is 2. The van der Waals surface area contributed by atoms with Crippen LogP contribution >= 0.6 is 0 Å². The van der Waals surface area contributed by atoms with Crippen molar-refractivity contribution >= 4 is 16.6 Å². The third-order valence-corrected chi connectivity index (χ3v) is 2.63. The fraction of sp³-hybridized carbons (Fsp3) is 0. The molecule has 4 N–H and O–H groups in total. The highest BCUT2D eigenvalue weighted by atomic mass is 16.8. The van der Waals surface area contributed by atoms with E-state index in [1.54, 1.807) is 18.2 Å². The van der Waals surface area contributed by atoms with Gasteiger partial charge in [0.1, 0.15) is 5.69 Å². The number of aromatic amines is 2. The number of rotatable bonds is 2. The molecule has 3 aromatic rings. The SMILES string of the molecule is ON(O)c1ccc2[nH]nc(-c3ccc[nH]3)c2c1. The molecular formula is C11H10N4O2. The number of aromatic nitrogens is 3. The van der Waals surface area contributed by atoms with Gasteiger partial charge in [-0.05, 0) is 30.3 Å². The van der Waals surface area contributed by atoms with Crippen LogP contribution in [0.25, 0.3) is 22.3 Å². The fourth-order valence-electron chi connectivity index (χ4n) is 1.81. The molecule has 0 aliphatic rings. The summed E-state index contributed by atoms with van der Waals surface area (Å²) in [5, 5.41) is 26.0. The van der Waals surface area contributed by atoms with Crippen LogP contribution in [-0.4, -0.2) is 25.6 Å². The summed E-state index contributed by atoms with van der Waals surface area (Å²) in [5.41, 5.74) is 2.73. The lowest BCUT2D eigenvalue weighted by Crippen LogP contribution is -2.10. The Labute approximate surface area is 96.0 Å². The number of nitrogens with one attached hydrogen (secondary N) is 2. The van der Waals surface area contributed by atoms with Crippen molar-refractivity contribution in [2.45, 2.75) is 0 Å². The van der Waals surface area contributed by atoms with Crippen molar-refractivity contribution < 1.29 is 10.4 Å². The average Bonchev–Trinajstić information content (AvgIpc) is 2.96. The molecule has 86 valence electrons. The van der Waals surface area contributed by atoms with Crippen LogP contribution in [0.15, 0.2) is 36.5 Å². The van der Waals surface area contributed by atoms with Gasteiger partial charge in [0.2, 0.25) is 0 Å². The lowest BCUT2D eigenvalue weighted by Gasteiger charge is -2.07. The predicted molar refractivity (Wildman–Crippen MR) is 61.9 cm³/mol. The van der Waals surface area contributed by atoms with Crippen molar-refractivity contribution in [3.05, 3.63) is 36.5 Å². The second-order valence-corrected chi connectivity index (χ2v) is 3.68. The number of fused-ring (bicyclic) bond motifs is 1. The largest absolute Gasteiger partial charge is 0.360 e. The Hall–Kier alpha value is -2.31. The zero-order valence-corrected chi connectivity index (χ0v) is 8.75. The fourth-order valence-corrected chi connectivity index (χ4v) is 1.81. The van der Waals surface area contributed by atoms with Gasteiger partial charge in [-0.2, -0.15) is 5.10 Å². The quantitative estimate of drug-likeness (QED) is 0.508. The highest BCUT2D eigenvalue weighted by Crippen LogP contribution is 2.27. The second kappa shape index (κ2) is 3.62. The second-order valence-electron chi connectivity index (χ2n) is 3.68. The zero-order valence-electron chi connectivity index (χ0n) is 8.75. The molecule has 17 heavy (non-hydrogen) atoms. The Morgan fingerprint density at radius 2 is 2.06 bits per heavy atom. The van der Waals surface area contributed by atoms with Crippen LogP contribution in [0, 0.1) is 0 Å². The zero-order chi connectivity index (χ0) is 11.8. The van der Waals surface area contributed by atoms with Gasteiger partial charge in [0.25, 0.3) is 0 Å². The van der Waals surface area contributed by atoms with Gasteiger partial charge in [-0.3, -0.25) is 15.5 Å². The summed E-state index contributed by atoms with van der Waals surface area (Å²) in [5.74, 6) is 0. The molecule has 0 bridgehead atoms. The molecule has 0 atom stereocenters. The first-order valence-electron chi connectivity index (χ1n) is 5.05. The maximum absolute atomic E-state index is 8.99. The van der Waals surface area contributed by atoms with Crippen LogP contribution in [0.3, 0.4) is 0 Å². The Kier molecular flexibility index (Phi) is 2.10. The molecule has 0 aliphatic carbocycles. The van der Waals surface area contributed by atoms with Crippen LogP contribution < -0.4 is 5.23 Å². The van der Waals surface area contributed by atoms with Gasteiger partial charge >= 0.3 is 0 Å². The molecule has 0 radical (unpaired) electrons. The van der Waals surface area contributed by atoms with E-state index in [0.29, 0.717) is 0 Å².